The van der Waals surface area contributed by atoms with Crippen LogP contribution in [0.4, 0.5) is 5.95 Å². The van der Waals surface area contributed by atoms with Gasteiger partial charge in [0.25, 0.3) is 0 Å². The zero-order valence-electron chi connectivity index (χ0n) is 11.9. The molecule has 3 aromatic rings. The molecule has 2 heterocycles. The largest absolute Gasteiger partial charge is 0.324 e. The molecule has 0 amide bonds. The SMILES string of the molecule is Clc1ccc(C2C=C(c3ccccc3)Nc3ncnn32)cc1Cl. The van der Waals surface area contributed by atoms with Crippen LogP contribution in [0.15, 0.2) is 60.9 Å². The minimum absolute atomic E-state index is 0.0984. The summed E-state index contributed by atoms with van der Waals surface area (Å²) in [7, 11) is 0. The first-order chi connectivity index (χ1) is 11.2. The first-order valence-corrected chi connectivity index (χ1v) is 7.87. The molecule has 0 aliphatic carbocycles. The zero-order chi connectivity index (χ0) is 15.8. The van der Waals surface area contributed by atoms with Gasteiger partial charge < -0.3 is 5.32 Å². The third-order valence-electron chi connectivity index (χ3n) is 3.78. The van der Waals surface area contributed by atoms with E-state index in [1.165, 1.54) is 6.33 Å². The highest BCUT2D eigenvalue weighted by molar-refractivity contribution is 6.42. The fraction of sp³-hybridized carbons (Fsp3) is 0.0588. The highest BCUT2D eigenvalue weighted by atomic mass is 35.5. The van der Waals surface area contributed by atoms with Crippen molar-refractivity contribution in [2.75, 3.05) is 5.32 Å². The second-order valence-corrected chi connectivity index (χ2v) is 6.03. The first kappa shape index (κ1) is 14.3. The van der Waals surface area contributed by atoms with Gasteiger partial charge in [-0.3, -0.25) is 0 Å². The van der Waals surface area contributed by atoms with Crippen molar-refractivity contribution in [3.8, 4) is 0 Å². The Labute approximate surface area is 143 Å². The lowest BCUT2D eigenvalue weighted by Gasteiger charge is -2.24. The molecule has 0 spiro atoms. The normalized spacial score (nSPS) is 16.4. The van der Waals surface area contributed by atoms with Gasteiger partial charge in [0.2, 0.25) is 5.95 Å². The molecule has 2 aromatic carbocycles. The van der Waals surface area contributed by atoms with Crippen molar-refractivity contribution in [3.63, 3.8) is 0 Å². The maximum atomic E-state index is 6.17. The van der Waals surface area contributed by atoms with E-state index in [1.54, 1.807) is 6.07 Å². The monoisotopic (exact) mass is 342 g/mol. The Balaban J connectivity index is 1.83. The molecule has 1 N–H and O–H groups in total. The summed E-state index contributed by atoms with van der Waals surface area (Å²) in [5.74, 6) is 0.697. The Kier molecular flexibility index (Phi) is 3.56. The van der Waals surface area contributed by atoms with E-state index in [0.717, 1.165) is 16.8 Å². The quantitative estimate of drug-likeness (QED) is 0.737. The van der Waals surface area contributed by atoms with Crippen LogP contribution < -0.4 is 5.32 Å². The number of allylic oxidation sites excluding steroid dienone is 1. The first-order valence-electron chi connectivity index (χ1n) is 7.11. The van der Waals surface area contributed by atoms with E-state index in [1.807, 2.05) is 35.0 Å². The molecule has 4 rings (SSSR count). The number of fused-ring (bicyclic) bond motifs is 1. The molecule has 23 heavy (non-hydrogen) atoms. The van der Waals surface area contributed by atoms with E-state index < -0.39 is 0 Å². The summed E-state index contributed by atoms with van der Waals surface area (Å²) in [4.78, 5) is 4.29. The summed E-state index contributed by atoms with van der Waals surface area (Å²) >= 11 is 12.2. The summed E-state index contributed by atoms with van der Waals surface area (Å²) in [6.45, 7) is 0. The van der Waals surface area contributed by atoms with Gasteiger partial charge in [-0.2, -0.15) is 10.1 Å². The Morgan fingerprint density at radius 2 is 1.83 bits per heavy atom. The molecular weight excluding hydrogens is 331 g/mol. The highest BCUT2D eigenvalue weighted by Crippen LogP contribution is 2.34. The molecule has 1 aliphatic heterocycles. The molecule has 0 fully saturated rings. The van der Waals surface area contributed by atoms with Crippen LogP contribution >= 0.6 is 23.2 Å². The number of hydrogen-bond donors (Lipinski definition) is 1. The summed E-state index contributed by atoms with van der Waals surface area (Å²) in [5, 5.41) is 8.69. The smallest absolute Gasteiger partial charge is 0.226 e. The summed E-state index contributed by atoms with van der Waals surface area (Å²) in [5.41, 5.74) is 3.08. The van der Waals surface area contributed by atoms with Crippen molar-refractivity contribution in [2.24, 2.45) is 0 Å². The molecule has 0 saturated carbocycles. The van der Waals surface area contributed by atoms with Crippen molar-refractivity contribution in [1.82, 2.24) is 14.8 Å². The molecule has 4 nitrogen and oxygen atoms in total. The van der Waals surface area contributed by atoms with Crippen LogP contribution in [0.3, 0.4) is 0 Å². The minimum Gasteiger partial charge on any atom is -0.324 e. The maximum Gasteiger partial charge on any atom is 0.226 e. The molecule has 1 aromatic heterocycles. The summed E-state index contributed by atoms with van der Waals surface area (Å²) < 4.78 is 1.83. The average molecular weight is 343 g/mol. The van der Waals surface area contributed by atoms with Crippen molar-refractivity contribution in [2.45, 2.75) is 6.04 Å². The van der Waals surface area contributed by atoms with E-state index in [4.69, 9.17) is 23.2 Å². The molecule has 0 saturated heterocycles. The number of halogens is 2. The van der Waals surface area contributed by atoms with E-state index in [9.17, 15) is 0 Å². The van der Waals surface area contributed by atoms with Crippen molar-refractivity contribution in [3.05, 3.63) is 82.1 Å². The predicted molar refractivity (Wildman–Crippen MR) is 92.7 cm³/mol. The van der Waals surface area contributed by atoms with Gasteiger partial charge in [0.05, 0.1) is 10.0 Å². The van der Waals surface area contributed by atoms with Gasteiger partial charge in [-0.1, -0.05) is 59.6 Å². The minimum atomic E-state index is -0.0984. The van der Waals surface area contributed by atoms with Gasteiger partial charge in [0.1, 0.15) is 12.4 Å². The molecule has 114 valence electrons. The average Bonchev–Trinajstić information content (AvgIpc) is 3.06. The molecular formula is C17H12Cl2N4. The number of anilines is 1. The topological polar surface area (TPSA) is 42.7 Å². The van der Waals surface area contributed by atoms with E-state index in [2.05, 4.69) is 33.6 Å². The van der Waals surface area contributed by atoms with Crippen LogP contribution in [-0.2, 0) is 0 Å². The lowest BCUT2D eigenvalue weighted by Crippen LogP contribution is -2.20. The standard InChI is InChI=1S/C17H12Cl2N4/c18-13-7-6-12(8-14(13)19)16-9-15(11-4-2-1-3-5-11)22-17-20-10-21-23(16)17/h1-10,16H,(H,20,21,22). The van der Waals surface area contributed by atoms with Gasteiger partial charge in [-0.25, -0.2) is 4.68 Å². The number of nitrogens with zero attached hydrogens (tertiary/aromatic N) is 3. The van der Waals surface area contributed by atoms with Crippen LogP contribution in [0.1, 0.15) is 17.2 Å². The van der Waals surface area contributed by atoms with E-state index in [-0.39, 0.29) is 6.04 Å². The Morgan fingerprint density at radius 1 is 1.00 bits per heavy atom. The molecule has 1 unspecified atom stereocenters. The lowest BCUT2D eigenvalue weighted by atomic mass is 10.0. The van der Waals surface area contributed by atoms with Gasteiger partial charge in [0, 0.05) is 5.70 Å². The molecule has 0 radical (unpaired) electrons. The highest BCUT2D eigenvalue weighted by Gasteiger charge is 2.23. The van der Waals surface area contributed by atoms with Gasteiger partial charge in [-0.05, 0) is 29.3 Å². The number of benzene rings is 2. The maximum absolute atomic E-state index is 6.17. The van der Waals surface area contributed by atoms with Gasteiger partial charge in [0.15, 0.2) is 0 Å². The number of nitrogens with one attached hydrogen (secondary N) is 1. The molecule has 1 atom stereocenters. The fourth-order valence-electron chi connectivity index (χ4n) is 2.65. The zero-order valence-corrected chi connectivity index (χ0v) is 13.5. The van der Waals surface area contributed by atoms with E-state index in [0.29, 0.717) is 16.0 Å². The fourth-order valence-corrected chi connectivity index (χ4v) is 2.96. The second kappa shape index (κ2) is 5.72. The van der Waals surface area contributed by atoms with Crippen LogP contribution in [-0.4, -0.2) is 14.8 Å². The second-order valence-electron chi connectivity index (χ2n) is 5.22. The molecule has 1 aliphatic rings. The van der Waals surface area contributed by atoms with Crippen molar-refractivity contribution >= 4 is 34.8 Å². The van der Waals surface area contributed by atoms with Crippen molar-refractivity contribution < 1.29 is 0 Å². The lowest BCUT2D eigenvalue weighted by molar-refractivity contribution is 0.612. The van der Waals surface area contributed by atoms with Gasteiger partial charge in [-0.15, -0.1) is 0 Å². The Hall–Kier alpha value is -2.30. The number of rotatable bonds is 2. The number of hydrogen-bond acceptors (Lipinski definition) is 3. The molecule has 0 bridgehead atoms. The van der Waals surface area contributed by atoms with Gasteiger partial charge >= 0.3 is 0 Å². The molecule has 6 heteroatoms. The van der Waals surface area contributed by atoms with Crippen LogP contribution in [0.25, 0.3) is 5.70 Å². The summed E-state index contributed by atoms with van der Waals surface area (Å²) in [6.07, 6.45) is 3.64. The third kappa shape index (κ3) is 2.60. The third-order valence-corrected chi connectivity index (χ3v) is 4.52. The Morgan fingerprint density at radius 3 is 2.61 bits per heavy atom. The van der Waals surface area contributed by atoms with E-state index >= 15 is 0 Å². The number of aromatic nitrogens is 3. The Bertz CT molecular complexity index is 887. The van der Waals surface area contributed by atoms with Crippen molar-refractivity contribution in [1.29, 1.82) is 0 Å². The van der Waals surface area contributed by atoms with Crippen LogP contribution in [0, 0.1) is 0 Å². The predicted octanol–water partition coefficient (Wildman–Crippen LogP) is 4.64. The van der Waals surface area contributed by atoms with Crippen LogP contribution in [0.2, 0.25) is 10.0 Å². The van der Waals surface area contributed by atoms with Crippen LogP contribution in [0.5, 0.6) is 0 Å². The summed E-state index contributed by atoms with van der Waals surface area (Å²) in [6, 6.07) is 15.6.